The van der Waals surface area contributed by atoms with Crippen LogP contribution in [-0.2, 0) is 30.8 Å². The third kappa shape index (κ3) is 8.80. The van der Waals surface area contributed by atoms with Gasteiger partial charge in [0.15, 0.2) is 23.0 Å². The van der Waals surface area contributed by atoms with Crippen molar-refractivity contribution >= 4 is 65.4 Å². The highest BCUT2D eigenvalue weighted by Crippen LogP contribution is 2.43. The lowest BCUT2D eigenvalue weighted by Gasteiger charge is -2.22. The summed E-state index contributed by atoms with van der Waals surface area (Å²) in [7, 11) is 3.09. The number of amides is 2. The van der Waals surface area contributed by atoms with Gasteiger partial charge >= 0.3 is 0 Å². The number of methoxy groups -OCH3 is 2. The summed E-state index contributed by atoms with van der Waals surface area (Å²) in [4.78, 5) is 53.4. The summed E-state index contributed by atoms with van der Waals surface area (Å²) in [6.07, 6.45) is 6.89. The normalized spacial score (nSPS) is 16.5. The molecule has 1 N–H and O–H groups in total. The molecule has 14 heteroatoms. The van der Waals surface area contributed by atoms with Crippen LogP contribution in [-0.4, -0.2) is 81.8 Å². The maximum atomic E-state index is 14.0. The standard InChI is InChI=1S/C50H49N5O8S/c1-59-45-22-39-41(52-26-35-20-33-9-3-5-12-43(33)54(35)49(39)57)24-47(45)62-29-31-17-32(19-38(18-31)61-15-8-7-11-37(56)28-51-14-16-64)30-63-48-25-42-40(23-46(48)60-2)50(58)55-36(27-53-42)21-34-10-4-6-13-44(34)55/h3-6,9-10,12-13,17-19,22-27,35-36,51,64H,7-8,11,14-16,20-21,28-30H2,1-2H3. The number of Topliss-reactive ketones (excluding diaryl/α,β-unsaturated/α-hetero) is 1. The van der Waals surface area contributed by atoms with E-state index in [-0.39, 0.29) is 42.9 Å². The van der Waals surface area contributed by atoms with Crippen LogP contribution >= 0.6 is 12.6 Å². The molecule has 2 unspecified atom stereocenters. The largest absolute Gasteiger partial charge is 0.494 e. The average Bonchev–Trinajstić information content (AvgIpc) is 3.81. The van der Waals surface area contributed by atoms with Crippen LogP contribution in [0.15, 0.2) is 101 Å². The molecule has 2 atom stereocenters. The van der Waals surface area contributed by atoms with E-state index in [9.17, 15) is 14.4 Å². The van der Waals surface area contributed by atoms with Crippen LogP contribution in [0, 0.1) is 0 Å². The number of para-hydroxylation sites is 2. The molecule has 5 aromatic rings. The van der Waals surface area contributed by atoms with Gasteiger partial charge in [-0.2, -0.15) is 12.6 Å². The summed E-state index contributed by atoms with van der Waals surface area (Å²) < 4.78 is 30.6. The molecule has 4 heterocycles. The molecule has 0 fully saturated rings. The lowest BCUT2D eigenvalue weighted by atomic mass is 10.1. The number of thiol groups is 1. The number of aliphatic imine (C=N–C) groups is 2. The zero-order valence-corrected chi connectivity index (χ0v) is 36.6. The van der Waals surface area contributed by atoms with Crippen molar-refractivity contribution < 1.29 is 38.1 Å². The number of hydrogen-bond acceptors (Lipinski definition) is 12. The molecule has 0 radical (unpaired) electrons. The van der Waals surface area contributed by atoms with Crippen LogP contribution < -0.4 is 38.8 Å². The molecule has 13 nitrogen and oxygen atoms in total. The Balaban J connectivity index is 0.936. The van der Waals surface area contributed by atoms with E-state index in [1.54, 1.807) is 48.3 Å². The van der Waals surface area contributed by atoms with E-state index in [2.05, 4.69) is 17.9 Å². The van der Waals surface area contributed by atoms with Crippen molar-refractivity contribution in [2.24, 2.45) is 9.98 Å². The molecule has 4 aliphatic heterocycles. The van der Waals surface area contributed by atoms with Crippen molar-refractivity contribution in [3.63, 3.8) is 0 Å². The van der Waals surface area contributed by atoms with Gasteiger partial charge in [0.25, 0.3) is 11.8 Å². The Kier molecular flexibility index (Phi) is 12.7. The van der Waals surface area contributed by atoms with Gasteiger partial charge in [-0.3, -0.25) is 34.2 Å². The zero-order valence-electron chi connectivity index (χ0n) is 35.7. The highest BCUT2D eigenvalue weighted by atomic mass is 32.1. The minimum Gasteiger partial charge on any atom is -0.494 e. The Bertz CT molecular complexity index is 2510. The van der Waals surface area contributed by atoms with Gasteiger partial charge in [-0.25, -0.2) is 0 Å². The number of carbonyl (C=O) groups is 3. The Morgan fingerprint density at radius 2 is 1.22 bits per heavy atom. The third-order valence-electron chi connectivity index (χ3n) is 11.8. The van der Waals surface area contributed by atoms with E-state index in [0.717, 1.165) is 33.6 Å². The molecule has 0 saturated heterocycles. The monoisotopic (exact) mass is 879 g/mol. The number of fused-ring (bicyclic) bond motifs is 8. The van der Waals surface area contributed by atoms with E-state index in [0.29, 0.717) is 109 Å². The molecular formula is C50H49N5O8S. The van der Waals surface area contributed by atoms with Gasteiger partial charge in [0.2, 0.25) is 0 Å². The predicted octanol–water partition coefficient (Wildman–Crippen LogP) is 8.07. The van der Waals surface area contributed by atoms with Crippen molar-refractivity contribution in [2.45, 2.75) is 57.4 Å². The number of unbranched alkanes of at least 4 members (excludes halogenated alkanes) is 1. The lowest BCUT2D eigenvalue weighted by molar-refractivity contribution is -0.118. The topological polar surface area (TPSA) is 141 Å². The first-order valence-electron chi connectivity index (χ1n) is 21.5. The number of benzene rings is 5. The smallest absolute Gasteiger partial charge is 0.261 e. The average molecular weight is 880 g/mol. The summed E-state index contributed by atoms with van der Waals surface area (Å²) in [5.74, 6) is 2.81. The van der Waals surface area contributed by atoms with Gasteiger partial charge in [0.05, 0.1) is 62.0 Å². The van der Waals surface area contributed by atoms with Crippen molar-refractivity contribution in [3.05, 3.63) is 124 Å². The van der Waals surface area contributed by atoms with Gasteiger partial charge in [-0.15, -0.1) is 0 Å². The number of rotatable bonds is 18. The van der Waals surface area contributed by atoms with E-state index >= 15 is 0 Å². The van der Waals surface area contributed by atoms with Crippen LogP contribution in [0.2, 0.25) is 0 Å². The maximum absolute atomic E-state index is 14.0. The Morgan fingerprint density at radius 3 is 1.73 bits per heavy atom. The molecule has 0 bridgehead atoms. The fourth-order valence-electron chi connectivity index (χ4n) is 8.69. The van der Waals surface area contributed by atoms with Crippen LogP contribution in [0.3, 0.4) is 0 Å². The van der Waals surface area contributed by atoms with Gasteiger partial charge in [-0.05, 0) is 77.6 Å². The number of ether oxygens (including phenoxy) is 5. The summed E-state index contributed by atoms with van der Waals surface area (Å²) in [5, 5.41) is 3.09. The Morgan fingerprint density at radius 1 is 0.688 bits per heavy atom. The molecule has 0 spiro atoms. The second-order valence-electron chi connectivity index (χ2n) is 16.1. The fourth-order valence-corrected chi connectivity index (χ4v) is 8.85. The Hall–Kier alpha value is -6.64. The maximum Gasteiger partial charge on any atom is 0.261 e. The minimum atomic E-state index is -0.187. The number of carbonyl (C=O) groups excluding carboxylic acids is 3. The molecule has 0 aromatic heterocycles. The van der Waals surface area contributed by atoms with Gasteiger partial charge in [-0.1, -0.05) is 36.4 Å². The fraction of sp³-hybridized carbons (Fsp3) is 0.300. The highest BCUT2D eigenvalue weighted by molar-refractivity contribution is 7.80. The van der Waals surface area contributed by atoms with Gasteiger partial charge in [0.1, 0.15) is 24.7 Å². The van der Waals surface area contributed by atoms with E-state index in [4.69, 9.17) is 33.7 Å². The predicted molar refractivity (Wildman–Crippen MR) is 250 cm³/mol. The number of hydrogen-bond donors (Lipinski definition) is 2. The van der Waals surface area contributed by atoms with Crippen molar-refractivity contribution in [1.82, 2.24) is 5.32 Å². The summed E-state index contributed by atoms with van der Waals surface area (Å²) >= 11 is 4.18. The minimum absolute atomic E-state index is 0.132. The van der Waals surface area contributed by atoms with Gasteiger partial charge in [0, 0.05) is 67.5 Å². The number of ketones is 1. The van der Waals surface area contributed by atoms with E-state index in [1.807, 2.05) is 79.2 Å². The third-order valence-corrected chi connectivity index (χ3v) is 12.0. The van der Waals surface area contributed by atoms with Crippen molar-refractivity contribution in [1.29, 1.82) is 0 Å². The number of nitrogens with one attached hydrogen (secondary N) is 1. The molecule has 9 rings (SSSR count). The molecule has 4 aliphatic rings. The Labute approximate surface area is 377 Å². The summed E-state index contributed by atoms with van der Waals surface area (Å²) in [6, 6.07) is 28.2. The van der Waals surface area contributed by atoms with E-state index in [1.165, 1.54) is 0 Å². The summed E-state index contributed by atoms with van der Waals surface area (Å²) in [5.41, 5.74) is 7.44. The molecule has 0 saturated carbocycles. The van der Waals surface area contributed by atoms with Crippen LogP contribution in [0.1, 0.15) is 62.2 Å². The molecule has 64 heavy (non-hydrogen) atoms. The molecular weight excluding hydrogens is 831 g/mol. The number of nitrogens with zero attached hydrogens (tertiary/aromatic N) is 4. The molecule has 2 amide bonds. The lowest BCUT2D eigenvalue weighted by Crippen LogP contribution is -2.37. The van der Waals surface area contributed by atoms with Gasteiger partial charge < -0.3 is 29.0 Å². The molecule has 5 aromatic carbocycles. The van der Waals surface area contributed by atoms with E-state index < -0.39 is 0 Å². The number of anilines is 2. The summed E-state index contributed by atoms with van der Waals surface area (Å²) in [6.45, 7) is 1.69. The second-order valence-corrected chi connectivity index (χ2v) is 16.5. The van der Waals surface area contributed by atoms with Crippen molar-refractivity contribution in [3.8, 4) is 28.7 Å². The molecule has 328 valence electrons. The molecule has 0 aliphatic carbocycles. The SMILES string of the molecule is COc1cc2c(cc1OCc1cc(COc3cc4c(cc3OC)C(=O)N3c5ccccc5CC3C=N4)cc(OCCCCC(=O)CNCCS)c1)N=CC1Cc3ccccc3N1C2=O. The van der Waals surface area contributed by atoms with Crippen LogP contribution in [0.5, 0.6) is 28.7 Å². The highest BCUT2D eigenvalue weighted by Gasteiger charge is 2.38. The van der Waals surface area contributed by atoms with Crippen molar-refractivity contribution in [2.75, 3.05) is 49.5 Å². The second kappa shape index (κ2) is 19.0. The van der Waals surface area contributed by atoms with Crippen LogP contribution in [0.25, 0.3) is 0 Å². The first kappa shape index (κ1) is 42.7. The van der Waals surface area contributed by atoms with Crippen LogP contribution in [0.4, 0.5) is 22.7 Å². The first-order valence-corrected chi connectivity index (χ1v) is 22.1. The first-order chi connectivity index (χ1) is 31.3. The zero-order chi connectivity index (χ0) is 44.2. The quantitative estimate of drug-likeness (QED) is 0.0661.